The smallest absolute Gasteiger partial charge is 0.281 e. The zero-order chi connectivity index (χ0) is 17.6. The van der Waals surface area contributed by atoms with Crippen molar-refractivity contribution < 1.29 is 9.18 Å². The molecule has 1 saturated heterocycles. The second-order valence-electron chi connectivity index (χ2n) is 5.94. The Morgan fingerprint density at radius 3 is 2.68 bits per heavy atom. The molecular weight excluding hydrogens is 345 g/mol. The SMILES string of the molecule is Nc1nn(C(=O)c2ccccc2Cl)c2nc(N3CCCC3)c(F)cc12. The van der Waals surface area contributed by atoms with Gasteiger partial charge in [0, 0.05) is 13.1 Å². The Morgan fingerprint density at radius 2 is 1.96 bits per heavy atom. The van der Waals surface area contributed by atoms with Crippen LogP contribution in [0.25, 0.3) is 11.0 Å². The van der Waals surface area contributed by atoms with E-state index >= 15 is 0 Å². The number of halogens is 2. The normalized spacial score (nSPS) is 14.4. The summed E-state index contributed by atoms with van der Waals surface area (Å²) in [6.07, 6.45) is 1.97. The minimum atomic E-state index is -0.467. The summed E-state index contributed by atoms with van der Waals surface area (Å²) in [6, 6.07) is 7.94. The van der Waals surface area contributed by atoms with Gasteiger partial charge in [0.05, 0.1) is 16.0 Å². The third kappa shape index (κ3) is 2.60. The summed E-state index contributed by atoms with van der Waals surface area (Å²) >= 11 is 6.11. The number of rotatable bonds is 2. The summed E-state index contributed by atoms with van der Waals surface area (Å²) < 4.78 is 15.5. The van der Waals surface area contributed by atoms with Gasteiger partial charge in [0.1, 0.15) is 0 Å². The molecule has 0 spiro atoms. The maximum absolute atomic E-state index is 14.4. The zero-order valence-electron chi connectivity index (χ0n) is 13.2. The standard InChI is InChI=1S/C17H15ClFN5O/c18-12-6-2-1-5-10(12)17(25)24-15-11(14(20)22-24)9-13(19)16(21-15)23-7-3-4-8-23/h1-2,5-6,9H,3-4,7-8H2,(H2,20,22). The number of hydrogen-bond donors (Lipinski definition) is 1. The van der Waals surface area contributed by atoms with Gasteiger partial charge < -0.3 is 10.6 Å². The Labute approximate surface area is 148 Å². The van der Waals surface area contributed by atoms with Gasteiger partial charge in [-0.1, -0.05) is 23.7 Å². The molecule has 3 aromatic rings. The van der Waals surface area contributed by atoms with Gasteiger partial charge in [-0.3, -0.25) is 4.79 Å². The number of nitrogens with two attached hydrogens (primary N) is 1. The molecule has 0 atom stereocenters. The number of aromatic nitrogens is 3. The first-order chi connectivity index (χ1) is 12.1. The summed E-state index contributed by atoms with van der Waals surface area (Å²) in [6.45, 7) is 1.47. The summed E-state index contributed by atoms with van der Waals surface area (Å²) in [5.41, 5.74) is 6.37. The third-order valence-corrected chi connectivity index (χ3v) is 4.65. The summed E-state index contributed by atoms with van der Waals surface area (Å²) in [5, 5.41) is 4.66. The van der Waals surface area contributed by atoms with Crippen molar-refractivity contribution in [3.8, 4) is 0 Å². The van der Waals surface area contributed by atoms with Gasteiger partial charge >= 0.3 is 0 Å². The van der Waals surface area contributed by atoms with E-state index in [0.717, 1.165) is 30.6 Å². The van der Waals surface area contributed by atoms with Crippen molar-refractivity contribution in [2.45, 2.75) is 12.8 Å². The van der Waals surface area contributed by atoms with E-state index in [0.29, 0.717) is 10.4 Å². The number of benzene rings is 1. The van der Waals surface area contributed by atoms with Crippen LogP contribution in [0.15, 0.2) is 30.3 Å². The van der Waals surface area contributed by atoms with Crippen LogP contribution in [0.5, 0.6) is 0 Å². The summed E-state index contributed by atoms with van der Waals surface area (Å²) in [7, 11) is 0. The van der Waals surface area contributed by atoms with Crippen molar-refractivity contribution in [1.82, 2.24) is 14.8 Å². The number of hydrogen-bond acceptors (Lipinski definition) is 5. The predicted molar refractivity (Wildman–Crippen MR) is 94.5 cm³/mol. The van der Waals surface area contributed by atoms with E-state index in [1.54, 1.807) is 24.3 Å². The van der Waals surface area contributed by atoms with Crippen LogP contribution in [0.1, 0.15) is 23.2 Å². The highest BCUT2D eigenvalue weighted by molar-refractivity contribution is 6.34. The molecule has 0 amide bonds. The maximum atomic E-state index is 14.4. The Hall–Kier alpha value is -2.67. The van der Waals surface area contributed by atoms with Crippen molar-refractivity contribution in [3.05, 3.63) is 46.7 Å². The summed E-state index contributed by atoms with van der Waals surface area (Å²) in [5.74, 6) is -0.655. The molecule has 0 saturated carbocycles. The van der Waals surface area contributed by atoms with Crippen molar-refractivity contribution in [3.63, 3.8) is 0 Å². The fourth-order valence-corrected chi connectivity index (χ4v) is 3.29. The van der Waals surface area contributed by atoms with Crippen molar-refractivity contribution >= 4 is 40.2 Å². The Bertz CT molecular complexity index is 981. The molecule has 6 nitrogen and oxygen atoms in total. The van der Waals surface area contributed by atoms with E-state index in [-0.39, 0.29) is 22.8 Å². The Morgan fingerprint density at radius 1 is 1.24 bits per heavy atom. The predicted octanol–water partition coefficient (Wildman–Crippen LogP) is 3.09. The molecule has 1 aliphatic rings. The van der Waals surface area contributed by atoms with Gasteiger partial charge in [-0.05, 0) is 31.0 Å². The van der Waals surface area contributed by atoms with Crippen LogP contribution in [-0.4, -0.2) is 33.8 Å². The molecule has 0 unspecified atom stereocenters. The molecule has 0 bridgehead atoms. The first-order valence-electron chi connectivity index (χ1n) is 7.95. The largest absolute Gasteiger partial charge is 0.382 e. The fraction of sp³-hybridized carbons (Fsp3) is 0.235. The second kappa shape index (κ2) is 6.00. The minimum absolute atomic E-state index is 0.0507. The molecule has 3 heterocycles. The van der Waals surface area contributed by atoms with Crippen LogP contribution in [0.4, 0.5) is 16.0 Å². The van der Waals surface area contributed by atoms with E-state index < -0.39 is 11.7 Å². The van der Waals surface area contributed by atoms with E-state index in [1.807, 2.05) is 4.90 Å². The molecule has 0 radical (unpaired) electrons. The lowest BCUT2D eigenvalue weighted by molar-refractivity contribution is 0.0950. The average molecular weight is 360 g/mol. The first-order valence-corrected chi connectivity index (χ1v) is 8.33. The van der Waals surface area contributed by atoms with Crippen molar-refractivity contribution in [1.29, 1.82) is 0 Å². The number of nitrogens with zero attached hydrogens (tertiary/aromatic N) is 4. The molecule has 0 aliphatic carbocycles. The van der Waals surface area contributed by atoms with Crippen LogP contribution in [0.2, 0.25) is 5.02 Å². The van der Waals surface area contributed by atoms with Crippen LogP contribution in [0, 0.1) is 5.82 Å². The molecule has 8 heteroatoms. The molecule has 1 fully saturated rings. The Balaban J connectivity index is 1.88. The second-order valence-corrected chi connectivity index (χ2v) is 6.35. The molecule has 2 aromatic heterocycles. The van der Waals surface area contributed by atoms with Gasteiger partial charge in [-0.15, -0.1) is 5.10 Å². The van der Waals surface area contributed by atoms with E-state index in [9.17, 15) is 9.18 Å². The minimum Gasteiger partial charge on any atom is -0.382 e. The quantitative estimate of drug-likeness (QED) is 0.760. The highest BCUT2D eigenvalue weighted by Gasteiger charge is 2.24. The number of nitrogen functional groups attached to an aromatic ring is 1. The topological polar surface area (TPSA) is 77.0 Å². The number of carbonyl (C=O) groups excluding carboxylic acids is 1. The lowest BCUT2D eigenvalue weighted by Crippen LogP contribution is -2.21. The molecular formula is C17H15ClFN5O. The van der Waals surface area contributed by atoms with Gasteiger partial charge in [-0.25, -0.2) is 9.37 Å². The van der Waals surface area contributed by atoms with Crippen LogP contribution in [0.3, 0.4) is 0 Å². The van der Waals surface area contributed by atoms with E-state index in [1.165, 1.54) is 6.07 Å². The lowest BCUT2D eigenvalue weighted by atomic mass is 10.2. The van der Waals surface area contributed by atoms with E-state index in [2.05, 4.69) is 10.1 Å². The van der Waals surface area contributed by atoms with E-state index in [4.69, 9.17) is 17.3 Å². The van der Waals surface area contributed by atoms with Crippen molar-refractivity contribution in [2.24, 2.45) is 0 Å². The van der Waals surface area contributed by atoms with Crippen molar-refractivity contribution in [2.75, 3.05) is 23.7 Å². The van der Waals surface area contributed by atoms with Gasteiger partial charge in [0.25, 0.3) is 5.91 Å². The molecule has 2 N–H and O–H groups in total. The van der Waals surface area contributed by atoms with Gasteiger partial charge in [-0.2, -0.15) is 4.68 Å². The molecule has 25 heavy (non-hydrogen) atoms. The highest BCUT2D eigenvalue weighted by Crippen LogP contribution is 2.28. The first kappa shape index (κ1) is 15.8. The number of fused-ring (bicyclic) bond motifs is 1. The van der Waals surface area contributed by atoms with Crippen LogP contribution >= 0.6 is 11.6 Å². The molecule has 1 aliphatic heterocycles. The molecule has 4 rings (SSSR count). The Kier molecular flexibility index (Phi) is 3.80. The van der Waals surface area contributed by atoms with Crippen LogP contribution < -0.4 is 10.6 Å². The van der Waals surface area contributed by atoms with Gasteiger partial charge in [0.15, 0.2) is 23.1 Å². The number of anilines is 2. The molecule has 128 valence electrons. The summed E-state index contributed by atoms with van der Waals surface area (Å²) in [4.78, 5) is 19.0. The average Bonchev–Trinajstić information content (AvgIpc) is 3.23. The van der Waals surface area contributed by atoms with Crippen LogP contribution in [-0.2, 0) is 0 Å². The number of pyridine rings is 1. The molecule has 1 aromatic carbocycles. The maximum Gasteiger partial charge on any atom is 0.281 e. The highest BCUT2D eigenvalue weighted by atomic mass is 35.5. The third-order valence-electron chi connectivity index (χ3n) is 4.32. The number of carbonyl (C=O) groups is 1. The monoisotopic (exact) mass is 359 g/mol. The zero-order valence-corrected chi connectivity index (χ0v) is 14.0. The fourth-order valence-electron chi connectivity index (χ4n) is 3.07. The lowest BCUT2D eigenvalue weighted by Gasteiger charge is -2.17. The van der Waals surface area contributed by atoms with Gasteiger partial charge in [0.2, 0.25) is 0 Å².